The zero-order valence-corrected chi connectivity index (χ0v) is 11.6. The lowest BCUT2D eigenvalue weighted by atomic mass is 10.2. The van der Waals surface area contributed by atoms with Crippen LogP contribution in [0.2, 0.25) is 0 Å². The third-order valence-corrected chi connectivity index (χ3v) is 4.44. The summed E-state index contributed by atoms with van der Waals surface area (Å²) in [6.45, 7) is 2.71. The first kappa shape index (κ1) is 16.0. The molecule has 2 N–H and O–H groups in total. The van der Waals surface area contributed by atoms with Gasteiger partial charge in [0.1, 0.15) is 10.7 Å². The topological polar surface area (TPSA) is 66.4 Å². The van der Waals surface area contributed by atoms with E-state index in [1.54, 1.807) is 13.8 Å². The van der Waals surface area contributed by atoms with Gasteiger partial charge in [0.2, 0.25) is 10.0 Å². The summed E-state index contributed by atoms with van der Waals surface area (Å²) in [5, 5.41) is 8.87. The van der Waals surface area contributed by atoms with Gasteiger partial charge in [-0.15, -0.1) is 0 Å². The van der Waals surface area contributed by atoms with Crippen LogP contribution in [0.4, 0.5) is 8.78 Å². The average molecular weight is 293 g/mol. The van der Waals surface area contributed by atoms with E-state index >= 15 is 0 Å². The van der Waals surface area contributed by atoms with E-state index in [1.807, 2.05) is 0 Å². The molecule has 0 spiro atoms. The quantitative estimate of drug-likeness (QED) is 0.842. The summed E-state index contributed by atoms with van der Waals surface area (Å²) < 4.78 is 53.4. The molecule has 19 heavy (non-hydrogen) atoms. The van der Waals surface area contributed by atoms with Gasteiger partial charge < -0.3 is 5.11 Å². The van der Waals surface area contributed by atoms with Crippen LogP contribution >= 0.6 is 0 Å². The minimum absolute atomic E-state index is 0.313. The molecule has 0 aliphatic rings. The van der Waals surface area contributed by atoms with Gasteiger partial charge in [-0.2, -0.15) is 0 Å². The number of hydrogen-bond donors (Lipinski definition) is 2. The van der Waals surface area contributed by atoms with Crippen LogP contribution in [0.15, 0.2) is 17.0 Å². The maximum Gasteiger partial charge on any atom is 0.243 e. The monoisotopic (exact) mass is 293 g/mol. The summed E-state index contributed by atoms with van der Waals surface area (Å²) in [5.74, 6) is -2.22. The highest BCUT2D eigenvalue weighted by Gasteiger charge is 2.25. The Morgan fingerprint density at radius 2 is 1.84 bits per heavy atom. The van der Waals surface area contributed by atoms with Crippen molar-refractivity contribution in [1.82, 2.24) is 4.72 Å². The molecule has 0 aliphatic heterocycles. The molecule has 0 saturated heterocycles. The molecule has 7 heteroatoms. The minimum Gasteiger partial charge on any atom is -0.391 e. The van der Waals surface area contributed by atoms with Crippen LogP contribution in [-0.4, -0.2) is 19.6 Å². The second-order valence-electron chi connectivity index (χ2n) is 4.13. The van der Waals surface area contributed by atoms with E-state index in [1.165, 1.54) is 0 Å². The lowest BCUT2D eigenvalue weighted by Crippen LogP contribution is -2.34. The van der Waals surface area contributed by atoms with Crippen LogP contribution in [0.1, 0.15) is 32.3 Å². The van der Waals surface area contributed by atoms with Crippen LogP contribution in [-0.2, 0) is 16.6 Å². The van der Waals surface area contributed by atoms with Crippen molar-refractivity contribution < 1.29 is 22.3 Å². The molecule has 108 valence electrons. The van der Waals surface area contributed by atoms with Gasteiger partial charge >= 0.3 is 0 Å². The Morgan fingerprint density at radius 1 is 1.26 bits per heavy atom. The van der Waals surface area contributed by atoms with Crippen LogP contribution in [0, 0.1) is 11.6 Å². The molecule has 0 heterocycles. The predicted octanol–water partition coefficient (Wildman–Crippen LogP) is 1.92. The Kier molecular flexibility index (Phi) is 5.39. The van der Waals surface area contributed by atoms with E-state index < -0.39 is 38.7 Å². The van der Waals surface area contributed by atoms with Crippen LogP contribution in [0.25, 0.3) is 0 Å². The van der Waals surface area contributed by atoms with Crippen molar-refractivity contribution in [1.29, 1.82) is 0 Å². The lowest BCUT2D eigenvalue weighted by molar-refractivity contribution is 0.267. The van der Waals surface area contributed by atoms with Gasteiger partial charge in [-0.3, -0.25) is 0 Å². The number of rotatable bonds is 6. The number of halogens is 2. The molecule has 0 unspecified atom stereocenters. The molecule has 0 bridgehead atoms. The lowest BCUT2D eigenvalue weighted by Gasteiger charge is -2.16. The molecule has 0 saturated carbocycles. The fourth-order valence-corrected chi connectivity index (χ4v) is 3.17. The molecule has 1 rings (SSSR count). The molecule has 1 aromatic carbocycles. The molecule has 0 aliphatic carbocycles. The Hall–Kier alpha value is -1.05. The smallest absolute Gasteiger partial charge is 0.243 e. The molecular formula is C12H17F2NO3S. The zero-order chi connectivity index (χ0) is 14.6. The first-order valence-corrected chi connectivity index (χ1v) is 7.45. The van der Waals surface area contributed by atoms with E-state index in [2.05, 4.69) is 4.72 Å². The third kappa shape index (κ3) is 3.49. The number of nitrogens with one attached hydrogen (secondary N) is 1. The van der Waals surface area contributed by atoms with E-state index in [9.17, 15) is 17.2 Å². The Balaban J connectivity index is 3.22. The van der Waals surface area contributed by atoms with Gasteiger partial charge in [-0.1, -0.05) is 13.8 Å². The van der Waals surface area contributed by atoms with Crippen molar-refractivity contribution in [2.24, 2.45) is 0 Å². The van der Waals surface area contributed by atoms with E-state index in [4.69, 9.17) is 5.11 Å². The molecular weight excluding hydrogens is 276 g/mol. The van der Waals surface area contributed by atoms with Crippen molar-refractivity contribution in [2.45, 2.75) is 44.2 Å². The second-order valence-corrected chi connectivity index (χ2v) is 5.81. The highest BCUT2D eigenvalue weighted by molar-refractivity contribution is 7.89. The summed E-state index contributed by atoms with van der Waals surface area (Å²) in [5.41, 5.74) is -0.646. The van der Waals surface area contributed by atoms with Gasteiger partial charge in [-0.25, -0.2) is 21.9 Å². The highest BCUT2D eigenvalue weighted by atomic mass is 32.2. The predicted molar refractivity (Wildman–Crippen MR) is 67.0 cm³/mol. The SMILES string of the molecule is CCC(CC)NS(=O)(=O)c1ccc(F)c(CO)c1F. The van der Waals surface area contributed by atoms with E-state index in [0.29, 0.717) is 12.8 Å². The van der Waals surface area contributed by atoms with Gasteiger partial charge in [0, 0.05) is 6.04 Å². The summed E-state index contributed by atoms with van der Waals surface area (Å²) in [6.07, 6.45) is 1.12. The Morgan fingerprint density at radius 3 is 2.32 bits per heavy atom. The summed E-state index contributed by atoms with van der Waals surface area (Å²) in [4.78, 5) is -0.648. The van der Waals surface area contributed by atoms with Crippen LogP contribution < -0.4 is 4.72 Å². The second kappa shape index (κ2) is 6.40. The van der Waals surface area contributed by atoms with Crippen LogP contribution in [0.5, 0.6) is 0 Å². The third-order valence-electron chi connectivity index (χ3n) is 2.91. The van der Waals surface area contributed by atoms with Crippen molar-refractivity contribution in [3.05, 3.63) is 29.3 Å². The number of aliphatic hydroxyl groups is 1. The van der Waals surface area contributed by atoms with Crippen LogP contribution in [0.3, 0.4) is 0 Å². The zero-order valence-electron chi connectivity index (χ0n) is 10.8. The maximum atomic E-state index is 13.9. The van der Waals surface area contributed by atoms with Gasteiger partial charge in [-0.05, 0) is 25.0 Å². The standard InChI is InChI=1S/C12H17F2NO3S/c1-3-8(4-2)15-19(17,18)11-6-5-10(13)9(7-16)12(11)14/h5-6,8,15-16H,3-4,7H2,1-2H3. The number of sulfonamides is 1. The summed E-state index contributed by atoms with van der Waals surface area (Å²) in [7, 11) is -4.07. The number of hydrogen-bond acceptors (Lipinski definition) is 3. The number of benzene rings is 1. The molecule has 0 fully saturated rings. The fourth-order valence-electron chi connectivity index (χ4n) is 1.67. The molecule has 0 radical (unpaired) electrons. The molecule has 0 aromatic heterocycles. The van der Waals surface area contributed by atoms with Gasteiger partial charge in [0.05, 0.1) is 12.2 Å². The molecule has 4 nitrogen and oxygen atoms in total. The number of aliphatic hydroxyl groups excluding tert-OH is 1. The molecule has 1 aromatic rings. The normalized spacial score (nSPS) is 12.1. The first-order chi connectivity index (χ1) is 8.87. The maximum absolute atomic E-state index is 13.9. The Bertz CT molecular complexity index is 542. The van der Waals surface area contributed by atoms with E-state index in [0.717, 1.165) is 12.1 Å². The summed E-state index contributed by atoms with van der Waals surface area (Å²) >= 11 is 0. The van der Waals surface area contributed by atoms with Crippen molar-refractivity contribution >= 4 is 10.0 Å². The average Bonchev–Trinajstić information content (AvgIpc) is 2.36. The van der Waals surface area contributed by atoms with E-state index in [-0.39, 0.29) is 6.04 Å². The summed E-state index contributed by atoms with van der Waals surface area (Å²) in [6, 6.07) is 1.37. The van der Waals surface area contributed by atoms with Crippen molar-refractivity contribution in [3.8, 4) is 0 Å². The van der Waals surface area contributed by atoms with Crippen molar-refractivity contribution in [3.63, 3.8) is 0 Å². The largest absolute Gasteiger partial charge is 0.391 e. The first-order valence-electron chi connectivity index (χ1n) is 5.97. The molecule has 0 amide bonds. The highest BCUT2D eigenvalue weighted by Crippen LogP contribution is 2.21. The van der Waals surface area contributed by atoms with Crippen molar-refractivity contribution in [2.75, 3.05) is 0 Å². The minimum atomic E-state index is -4.07. The Labute approximate surface area is 111 Å². The van der Waals surface area contributed by atoms with Gasteiger partial charge in [0.15, 0.2) is 5.82 Å². The van der Waals surface area contributed by atoms with Gasteiger partial charge in [0.25, 0.3) is 0 Å². The fraction of sp³-hybridized carbons (Fsp3) is 0.500. The molecule has 0 atom stereocenters.